The minimum absolute atomic E-state index is 0.0188. The van der Waals surface area contributed by atoms with Gasteiger partial charge in [-0.1, -0.05) is 6.92 Å². The van der Waals surface area contributed by atoms with Gasteiger partial charge in [-0.25, -0.2) is 9.59 Å². The first-order valence-corrected chi connectivity index (χ1v) is 10.6. The summed E-state index contributed by atoms with van der Waals surface area (Å²) in [5.74, 6) is -4.63. The summed E-state index contributed by atoms with van der Waals surface area (Å²) in [6.07, 6.45) is 1.35. The highest BCUT2D eigenvalue weighted by Gasteiger charge is 2.52. The molecule has 10 heteroatoms. The van der Waals surface area contributed by atoms with E-state index in [1.54, 1.807) is 19.9 Å². The molecule has 5 atom stereocenters. The number of aliphatic hydroxyl groups is 2. The molecule has 0 amide bonds. The lowest BCUT2D eigenvalue weighted by atomic mass is 9.85. The molecule has 0 aromatic rings. The van der Waals surface area contributed by atoms with Gasteiger partial charge in [-0.3, -0.25) is 4.79 Å². The number of carbonyl (C=O) groups is 3. The Kier molecular flexibility index (Phi) is 6.27. The van der Waals surface area contributed by atoms with Crippen LogP contribution in [-0.4, -0.2) is 63.7 Å². The first-order chi connectivity index (χ1) is 14.3. The summed E-state index contributed by atoms with van der Waals surface area (Å²) in [6, 6.07) is 0. The normalized spacial score (nSPS) is 34.5. The molecule has 0 aliphatic carbocycles. The lowest BCUT2D eigenvalue weighted by Crippen LogP contribution is -2.43. The van der Waals surface area contributed by atoms with Gasteiger partial charge in [0.25, 0.3) is 0 Å². The fourth-order valence-corrected chi connectivity index (χ4v) is 4.05. The van der Waals surface area contributed by atoms with Gasteiger partial charge in [-0.05, 0) is 32.8 Å². The van der Waals surface area contributed by atoms with Gasteiger partial charge >= 0.3 is 17.9 Å². The van der Waals surface area contributed by atoms with Crippen molar-refractivity contribution in [1.82, 2.24) is 0 Å². The molecule has 0 saturated carbocycles. The lowest BCUT2D eigenvalue weighted by molar-refractivity contribution is -0.239. The van der Waals surface area contributed by atoms with Crippen molar-refractivity contribution in [2.75, 3.05) is 12.5 Å². The molecule has 31 heavy (non-hydrogen) atoms. The Labute approximate surface area is 184 Å². The third-order valence-electron chi connectivity index (χ3n) is 5.89. The van der Waals surface area contributed by atoms with Gasteiger partial charge in [-0.2, -0.15) is 0 Å². The summed E-state index contributed by atoms with van der Waals surface area (Å²) in [6.45, 7) is 5.52. The van der Waals surface area contributed by atoms with Gasteiger partial charge in [-0.15, -0.1) is 11.6 Å². The Morgan fingerprint density at radius 1 is 1.39 bits per heavy atom. The number of hydrogen-bond acceptors (Lipinski definition) is 9. The van der Waals surface area contributed by atoms with Crippen molar-refractivity contribution in [2.24, 2.45) is 5.92 Å². The van der Waals surface area contributed by atoms with E-state index in [-0.39, 0.29) is 29.9 Å². The third-order valence-corrected chi connectivity index (χ3v) is 6.41. The highest BCUT2D eigenvalue weighted by atomic mass is 35.5. The standard InChI is InChI=1S/C21H27ClO9/c1-11-7-14(30-18(25)20(4,26)10-22)16-13(9-28-12(2)23)17(24)29-15(16)8-19(3)5-6-21(11,27)31-19/h8,11,14,26-27H,5-7,9-10H2,1-4H3/t11-,14-,19-,20+,21+/m1/s1. The van der Waals surface area contributed by atoms with Crippen molar-refractivity contribution < 1.29 is 43.5 Å². The van der Waals surface area contributed by atoms with E-state index >= 15 is 0 Å². The number of alkyl halides is 1. The number of ether oxygens (including phenoxy) is 4. The molecule has 3 heterocycles. The van der Waals surface area contributed by atoms with Crippen molar-refractivity contribution in [2.45, 2.75) is 70.1 Å². The van der Waals surface area contributed by atoms with Crippen molar-refractivity contribution in [3.05, 3.63) is 23.0 Å². The maximum absolute atomic E-state index is 12.6. The van der Waals surface area contributed by atoms with Crippen LogP contribution in [0.3, 0.4) is 0 Å². The van der Waals surface area contributed by atoms with E-state index in [0.717, 1.165) is 0 Å². The van der Waals surface area contributed by atoms with Gasteiger partial charge in [0, 0.05) is 24.8 Å². The molecule has 1 fully saturated rings. The zero-order valence-corrected chi connectivity index (χ0v) is 18.7. The van der Waals surface area contributed by atoms with E-state index in [1.165, 1.54) is 13.8 Å². The van der Waals surface area contributed by atoms with Crippen molar-refractivity contribution >= 4 is 29.5 Å². The Bertz CT molecular complexity index is 861. The average molecular weight is 459 g/mol. The number of esters is 3. The van der Waals surface area contributed by atoms with Crippen LogP contribution in [0, 0.1) is 5.92 Å². The lowest BCUT2D eigenvalue weighted by Gasteiger charge is -2.33. The van der Waals surface area contributed by atoms with Crippen LogP contribution in [0.15, 0.2) is 23.0 Å². The second-order valence-electron chi connectivity index (χ2n) is 8.77. The van der Waals surface area contributed by atoms with Crippen molar-refractivity contribution in [1.29, 1.82) is 0 Å². The zero-order chi connectivity index (χ0) is 23.2. The van der Waals surface area contributed by atoms with E-state index in [4.69, 9.17) is 30.5 Å². The van der Waals surface area contributed by atoms with E-state index in [9.17, 15) is 24.6 Å². The van der Waals surface area contributed by atoms with Crippen LogP contribution in [0.25, 0.3) is 0 Å². The number of rotatable bonds is 5. The topological polar surface area (TPSA) is 129 Å². The molecule has 172 valence electrons. The average Bonchev–Trinajstić information content (AvgIpc) is 3.15. The molecular formula is C21H27ClO9. The summed E-state index contributed by atoms with van der Waals surface area (Å²) >= 11 is 5.69. The number of hydrogen-bond donors (Lipinski definition) is 2. The highest BCUT2D eigenvalue weighted by molar-refractivity contribution is 6.20. The van der Waals surface area contributed by atoms with Crippen molar-refractivity contribution in [3.8, 4) is 0 Å². The van der Waals surface area contributed by atoms with Crippen LogP contribution < -0.4 is 0 Å². The molecule has 0 unspecified atom stereocenters. The van der Waals surface area contributed by atoms with Gasteiger partial charge in [0.15, 0.2) is 11.4 Å². The maximum atomic E-state index is 12.6. The second-order valence-corrected chi connectivity index (χ2v) is 9.04. The molecule has 3 aliphatic rings. The maximum Gasteiger partial charge on any atom is 0.343 e. The summed E-state index contributed by atoms with van der Waals surface area (Å²) in [4.78, 5) is 36.5. The number of fused-ring (bicyclic) bond motifs is 3. The van der Waals surface area contributed by atoms with Crippen molar-refractivity contribution in [3.63, 3.8) is 0 Å². The van der Waals surface area contributed by atoms with E-state index in [0.29, 0.717) is 12.8 Å². The third kappa shape index (κ3) is 4.64. The molecule has 0 aromatic carbocycles. The van der Waals surface area contributed by atoms with Crippen LogP contribution in [0.2, 0.25) is 0 Å². The summed E-state index contributed by atoms with van der Waals surface area (Å²) in [7, 11) is 0. The highest BCUT2D eigenvalue weighted by Crippen LogP contribution is 2.47. The Morgan fingerprint density at radius 2 is 2.06 bits per heavy atom. The van der Waals surface area contributed by atoms with Crippen LogP contribution in [-0.2, 0) is 33.3 Å². The van der Waals surface area contributed by atoms with Crippen LogP contribution in [0.4, 0.5) is 0 Å². The zero-order valence-electron chi connectivity index (χ0n) is 17.9. The Morgan fingerprint density at radius 3 is 2.68 bits per heavy atom. The van der Waals surface area contributed by atoms with E-state index in [1.807, 2.05) is 0 Å². The first-order valence-electron chi connectivity index (χ1n) is 10.0. The predicted octanol–water partition coefficient (Wildman–Crippen LogP) is 1.49. The predicted molar refractivity (Wildman–Crippen MR) is 107 cm³/mol. The monoisotopic (exact) mass is 458 g/mol. The first kappa shape index (κ1) is 23.7. The Hall–Kier alpha value is -1.94. The summed E-state index contributed by atoms with van der Waals surface area (Å²) < 4.78 is 22.0. The fraction of sp³-hybridized carbons (Fsp3) is 0.667. The molecule has 9 nitrogen and oxygen atoms in total. The number of halogens is 1. The van der Waals surface area contributed by atoms with Crippen LogP contribution in [0.5, 0.6) is 0 Å². The van der Waals surface area contributed by atoms with Crippen LogP contribution >= 0.6 is 11.6 Å². The fourth-order valence-electron chi connectivity index (χ4n) is 3.95. The number of carbonyl (C=O) groups excluding carboxylic acids is 3. The van der Waals surface area contributed by atoms with Gasteiger partial charge in [0.05, 0.1) is 17.1 Å². The smallest absolute Gasteiger partial charge is 0.343 e. The van der Waals surface area contributed by atoms with Gasteiger partial charge in [0.1, 0.15) is 18.5 Å². The summed E-state index contributed by atoms with van der Waals surface area (Å²) in [5, 5.41) is 21.3. The Balaban J connectivity index is 2.11. The van der Waals surface area contributed by atoms with E-state index in [2.05, 4.69) is 0 Å². The van der Waals surface area contributed by atoms with E-state index < -0.39 is 52.8 Å². The molecule has 0 spiro atoms. The quantitative estimate of drug-likeness (QED) is 0.357. The molecule has 0 aromatic heterocycles. The molecule has 3 rings (SSSR count). The van der Waals surface area contributed by atoms with Gasteiger partial charge in [0.2, 0.25) is 0 Å². The molecule has 3 aliphatic heterocycles. The van der Waals surface area contributed by atoms with Crippen LogP contribution in [0.1, 0.15) is 47.0 Å². The molecule has 2 N–H and O–H groups in total. The second kappa shape index (κ2) is 8.20. The molecular weight excluding hydrogens is 432 g/mol. The molecule has 1 saturated heterocycles. The van der Waals surface area contributed by atoms with Gasteiger partial charge < -0.3 is 29.2 Å². The largest absolute Gasteiger partial charge is 0.461 e. The SMILES string of the molecule is CC(=O)OCC1=C2C(=C[C@@]3(C)CC[C@](O)(O3)[C@H](C)C[C@H]2OC(=O)[C@@](C)(O)CCl)OC1=O. The minimum Gasteiger partial charge on any atom is -0.461 e. The molecule has 2 bridgehead atoms. The summed E-state index contributed by atoms with van der Waals surface area (Å²) in [5.41, 5.74) is -2.66. The minimum atomic E-state index is -1.97. The molecule has 0 radical (unpaired) electrons.